The number of H-pyrrole nitrogens is 2. The number of fused-ring (bicyclic) bond motifs is 2. The van der Waals surface area contributed by atoms with Gasteiger partial charge in [-0.05, 0) is 54.1 Å². The minimum Gasteiger partial charge on any atom is -0.324 e. The second-order valence-electron chi connectivity index (χ2n) is 9.38. The van der Waals surface area contributed by atoms with Gasteiger partial charge in [0.25, 0.3) is 0 Å². The second kappa shape index (κ2) is 8.94. The molecular weight excluding hydrogens is 482 g/mol. The summed E-state index contributed by atoms with van der Waals surface area (Å²) in [6.45, 7) is 0. The molecule has 1 fully saturated rings. The lowest BCUT2D eigenvalue weighted by atomic mass is 10.0. The summed E-state index contributed by atoms with van der Waals surface area (Å²) in [6, 6.07) is 14.2. The van der Waals surface area contributed by atoms with E-state index in [9.17, 15) is 4.79 Å². The Morgan fingerprint density at radius 2 is 1.97 bits per heavy atom. The van der Waals surface area contributed by atoms with Crippen LogP contribution in [0.5, 0.6) is 0 Å². The van der Waals surface area contributed by atoms with Crippen LogP contribution in [-0.4, -0.2) is 36.0 Å². The summed E-state index contributed by atoms with van der Waals surface area (Å²) < 4.78 is 0. The van der Waals surface area contributed by atoms with Crippen molar-refractivity contribution in [3.8, 4) is 33.1 Å². The highest BCUT2D eigenvalue weighted by Crippen LogP contribution is 2.34. The SMILES string of the molecule is O=C(Nc1cncc(-c2ccc3[nH]nc(-c4nc5c(-c6cccs6)ccnc5[nH]4)c3c2)c1)C1CCCC1. The van der Waals surface area contributed by atoms with E-state index in [1.165, 1.54) is 0 Å². The summed E-state index contributed by atoms with van der Waals surface area (Å²) in [5.41, 5.74) is 6.84. The average Bonchev–Trinajstić information content (AvgIpc) is 3.74. The van der Waals surface area contributed by atoms with Crippen molar-refractivity contribution in [1.82, 2.24) is 30.1 Å². The zero-order valence-corrected chi connectivity index (χ0v) is 20.7. The third kappa shape index (κ3) is 3.97. The number of nitrogens with zero attached hydrogens (tertiary/aromatic N) is 4. The molecule has 0 aliphatic heterocycles. The molecule has 182 valence electrons. The van der Waals surface area contributed by atoms with Crippen molar-refractivity contribution in [1.29, 1.82) is 0 Å². The van der Waals surface area contributed by atoms with Gasteiger partial charge >= 0.3 is 0 Å². The number of hydrogen-bond donors (Lipinski definition) is 3. The predicted octanol–water partition coefficient (Wildman–Crippen LogP) is 6.42. The monoisotopic (exact) mass is 505 g/mol. The largest absolute Gasteiger partial charge is 0.324 e. The molecule has 0 spiro atoms. The van der Waals surface area contributed by atoms with Gasteiger partial charge in [0.2, 0.25) is 5.91 Å². The molecular formula is C28H23N7OS. The van der Waals surface area contributed by atoms with E-state index in [0.29, 0.717) is 11.5 Å². The van der Waals surface area contributed by atoms with Gasteiger partial charge in [-0.3, -0.25) is 14.9 Å². The molecule has 9 heteroatoms. The van der Waals surface area contributed by atoms with Crippen molar-refractivity contribution in [3.63, 3.8) is 0 Å². The summed E-state index contributed by atoms with van der Waals surface area (Å²) in [6.07, 6.45) is 9.48. The molecule has 0 bridgehead atoms. The Kier molecular flexibility index (Phi) is 5.28. The van der Waals surface area contributed by atoms with Crippen LogP contribution in [0.1, 0.15) is 25.7 Å². The van der Waals surface area contributed by atoms with Crippen molar-refractivity contribution < 1.29 is 4.79 Å². The standard InChI is InChI=1S/C28H23N7OS/c36-28(16-4-1-2-5-16)31-19-12-18(14-29-15-19)17-7-8-22-21(13-17)25(35-34-22)27-32-24-20(23-6-3-11-37-23)9-10-30-26(24)33-27/h3,6-16H,1-2,4-5H2,(H,31,36)(H,34,35)(H,30,32,33). The van der Waals surface area contributed by atoms with E-state index in [-0.39, 0.29) is 11.8 Å². The van der Waals surface area contributed by atoms with Crippen molar-refractivity contribution in [2.75, 3.05) is 5.32 Å². The van der Waals surface area contributed by atoms with E-state index in [1.54, 1.807) is 23.7 Å². The minimum atomic E-state index is 0.0874. The molecule has 1 aliphatic carbocycles. The van der Waals surface area contributed by atoms with Gasteiger partial charge in [-0.15, -0.1) is 11.3 Å². The number of thiophene rings is 1. The number of imidazole rings is 1. The quantitative estimate of drug-likeness (QED) is 0.250. The summed E-state index contributed by atoms with van der Waals surface area (Å²) in [4.78, 5) is 30.9. The maximum absolute atomic E-state index is 12.6. The summed E-state index contributed by atoms with van der Waals surface area (Å²) >= 11 is 1.68. The number of rotatable bonds is 5. The van der Waals surface area contributed by atoms with E-state index in [0.717, 1.165) is 75.0 Å². The molecule has 0 radical (unpaired) electrons. The maximum Gasteiger partial charge on any atom is 0.227 e. The fourth-order valence-corrected chi connectivity index (χ4v) is 5.88. The number of nitrogens with one attached hydrogen (secondary N) is 3. The number of amides is 1. The van der Waals surface area contributed by atoms with Gasteiger partial charge < -0.3 is 10.3 Å². The molecule has 0 saturated heterocycles. The number of hydrogen-bond acceptors (Lipinski definition) is 6. The number of carbonyl (C=O) groups excluding carboxylic acids is 1. The van der Waals surface area contributed by atoms with Crippen LogP contribution in [-0.2, 0) is 4.79 Å². The highest BCUT2D eigenvalue weighted by molar-refractivity contribution is 7.13. The Morgan fingerprint density at radius 1 is 1.05 bits per heavy atom. The molecule has 6 aromatic rings. The molecule has 1 amide bonds. The Hall–Kier alpha value is -4.37. The molecule has 0 atom stereocenters. The Morgan fingerprint density at radius 3 is 2.84 bits per heavy atom. The van der Waals surface area contributed by atoms with Gasteiger partial charge in [-0.2, -0.15) is 5.10 Å². The van der Waals surface area contributed by atoms with Crippen LogP contribution in [0, 0.1) is 5.92 Å². The van der Waals surface area contributed by atoms with Crippen molar-refractivity contribution in [2.45, 2.75) is 25.7 Å². The Balaban J connectivity index is 1.25. The highest BCUT2D eigenvalue weighted by Gasteiger charge is 2.23. The van der Waals surface area contributed by atoms with Crippen LogP contribution in [0.15, 0.2) is 66.4 Å². The van der Waals surface area contributed by atoms with Crippen LogP contribution in [0.3, 0.4) is 0 Å². The number of pyridine rings is 2. The van der Waals surface area contributed by atoms with E-state index < -0.39 is 0 Å². The number of anilines is 1. The number of carbonyl (C=O) groups is 1. The van der Waals surface area contributed by atoms with Gasteiger partial charge in [-0.1, -0.05) is 25.0 Å². The summed E-state index contributed by atoms with van der Waals surface area (Å²) in [7, 11) is 0. The predicted molar refractivity (Wildman–Crippen MR) is 146 cm³/mol. The summed E-state index contributed by atoms with van der Waals surface area (Å²) in [5, 5.41) is 13.7. The fraction of sp³-hybridized carbons (Fsp3) is 0.179. The van der Waals surface area contributed by atoms with Gasteiger partial charge in [0.05, 0.1) is 17.4 Å². The maximum atomic E-state index is 12.6. The molecule has 5 heterocycles. The molecule has 0 unspecified atom stereocenters. The summed E-state index contributed by atoms with van der Waals surface area (Å²) in [5.74, 6) is 0.849. The normalized spacial score (nSPS) is 14.1. The average molecular weight is 506 g/mol. The first-order valence-corrected chi connectivity index (χ1v) is 13.2. The molecule has 7 rings (SSSR count). The van der Waals surface area contributed by atoms with Crippen molar-refractivity contribution in [2.24, 2.45) is 5.92 Å². The lowest BCUT2D eigenvalue weighted by Crippen LogP contribution is -2.20. The lowest BCUT2D eigenvalue weighted by molar-refractivity contribution is -0.119. The van der Waals surface area contributed by atoms with E-state index in [2.05, 4.69) is 48.0 Å². The number of benzene rings is 1. The molecule has 37 heavy (non-hydrogen) atoms. The first-order valence-electron chi connectivity index (χ1n) is 12.4. The van der Waals surface area contributed by atoms with Gasteiger partial charge in [0, 0.05) is 39.7 Å². The minimum absolute atomic E-state index is 0.0874. The first kappa shape index (κ1) is 21.9. The van der Waals surface area contributed by atoms with E-state index in [1.807, 2.05) is 36.5 Å². The van der Waals surface area contributed by atoms with Gasteiger partial charge in [-0.25, -0.2) is 9.97 Å². The molecule has 1 aliphatic rings. The zero-order valence-electron chi connectivity index (χ0n) is 19.9. The van der Waals surface area contributed by atoms with Crippen LogP contribution in [0.2, 0.25) is 0 Å². The van der Waals surface area contributed by atoms with E-state index in [4.69, 9.17) is 4.98 Å². The fourth-order valence-electron chi connectivity index (χ4n) is 5.13. The van der Waals surface area contributed by atoms with Gasteiger partial charge in [0.15, 0.2) is 11.5 Å². The third-order valence-electron chi connectivity index (χ3n) is 7.02. The van der Waals surface area contributed by atoms with Crippen LogP contribution < -0.4 is 5.32 Å². The van der Waals surface area contributed by atoms with Crippen molar-refractivity contribution in [3.05, 3.63) is 66.4 Å². The van der Waals surface area contributed by atoms with E-state index >= 15 is 0 Å². The third-order valence-corrected chi connectivity index (χ3v) is 7.93. The molecule has 1 aromatic carbocycles. The zero-order chi connectivity index (χ0) is 24.8. The lowest BCUT2D eigenvalue weighted by Gasteiger charge is -2.11. The molecule has 1 saturated carbocycles. The van der Waals surface area contributed by atoms with Crippen LogP contribution in [0.4, 0.5) is 5.69 Å². The highest BCUT2D eigenvalue weighted by atomic mass is 32.1. The molecule has 3 N–H and O–H groups in total. The van der Waals surface area contributed by atoms with Crippen LogP contribution in [0.25, 0.3) is 55.2 Å². The smallest absolute Gasteiger partial charge is 0.227 e. The Bertz CT molecular complexity index is 1750. The topological polar surface area (TPSA) is 112 Å². The Labute approximate surface area is 216 Å². The van der Waals surface area contributed by atoms with Crippen LogP contribution >= 0.6 is 11.3 Å². The van der Waals surface area contributed by atoms with Gasteiger partial charge in [0.1, 0.15) is 11.2 Å². The molecule has 8 nitrogen and oxygen atoms in total. The number of aromatic amines is 2. The second-order valence-corrected chi connectivity index (χ2v) is 10.3. The first-order chi connectivity index (χ1) is 18.2. The molecule has 5 aromatic heterocycles. The van der Waals surface area contributed by atoms with Crippen molar-refractivity contribution >= 4 is 45.0 Å². The number of aromatic nitrogens is 6.